The predicted octanol–water partition coefficient (Wildman–Crippen LogP) is 3.89. The van der Waals surface area contributed by atoms with E-state index in [1.54, 1.807) is 0 Å². The summed E-state index contributed by atoms with van der Waals surface area (Å²) >= 11 is 0. The number of nitrogens with zero attached hydrogens (tertiary/aromatic N) is 1. The average Bonchev–Trinajstić information content (AvgIpc) is 3.47. The maximum Gasteiger partial charge on any atom is 0.244 e. The molecule has 0 aromatic heterocycles. The summed E-state index contributed by atoms with van der Waals surface area (Å²) in [6.45, 7) is 1.80. The Morgan fingerprint density at radius 2 is 1.56 bits per heavy atom. The van der Waals surface area contributed by atoms with Gasteiger partial charge in [-0.2, -0.15) is 0 Å². The summed E-state index contributed by atoms with van der Waals surface area (Å²) in [4.78, 5) is 15.2. The van der Waals surface area contributed by atoms with Gasteiger partial charge >= 0.3 is 0 Å². The fourth-order valence-electron chi connectivity index (χ4n) is 3.91. The zero-order valence-electron chi connectivity index (χ0n) is 14.6. The van der Waals surface area contributed by atoms with Gasteiger partial charge in [0.25, 0.3) is 0 Å². The van der Waals surface area contributed by atoms with Gasteiger partial charge in [-0.15, -0.1) is 0 Å². The van der Waals surface area contributed by atoms with E-state index in [0.29, 0.717) is 12.0 Å². The van der Waals surface area contributed by atoms with Crippen LogP contribution in [0.3, 0.4) is 0 Å². The molecule has 2 aliphatic rings. The number of benzene rings is 2. The molecule has 0 bridgehead atoms. The first-order chi connectivity index (χ1) is 12.3. The Morgan fingerprint density at radius 3 is 2.24 bits per heavy atom. The van der Waals surface area contributed by atoms with Crippen LogP contribution in [0.5, 0.6) is 0 Å². The largest absolute Gasteiger partial charge is 0.341 e. The van der Waals surface area contributed by atoms with Gasteiger partial charge in [0.1, 0.15) is 6.04 Å². The van der Waals surface area contributed by atoms with Crippen LogP contribution in [0.4, 0.5) is 0 Å². The SMILES string of the molecule is O=C([C@H](N[C@@H]1C[C@H]1c1ccccc1)c1ccccc1)N1CCCCC1. The van der Waals surface area contributed by atoms with Gasteiger partial charge in [-0.3, -0.25) is 10.1 Å². The predicted molar refractivity (Wildman–Crippen MR) is 100 cm³/mol. The summed E-state index contributed by atoms with van der Waals surface area (Å²) in [6.07, 6.45) is 4.61. The van der Waals surface area contributed by atoms with E-state index in [4.69, 9.17) is 0 Å². The summed E-state index contributed by atoms with van der Waals surface area (Å²) < 4.78 is 0. The summed E-state index contributed by atoms with van der Waals surface area (Å²) in [7, 11) is 0. The number of hydrogen-bond donors (Lipinski definition) is 1. The van der Waals surface area contributed by atoms with Gasteiger partial charge < -0.3 is 4.90 Å². The fraction of sp³-hybridized carbons (Fsp3) is 0.409. The molecule has 3 atom stereocenters. The zero-order valence-corrected chi connectivity index (χ0v) is 14.6. The number of amides is 1. The highest BCUT2D eigenvalue weighted by molar-refractivity contribution is 5.83. The van der Waals surface area contributed by atoms with Crippen molar-refractivity contribution < 1.29 is 4.79 Å². The molecule has 2 aromatic rings. The van der Waals surface area contributed by atoms with Crippen molar-refractivity contribution in [3.05, 3.63) is 71.8 Å². The van der Waals surface area contributed by atoms with E-state index in [0.717, 1.165) is 37.9 Å². The van der Waals surface area contributed by atoms with Crippen molar-refractivity contribution in [1.82, 2.24) is 10.2 Å². The Hall–Kier alpha value is -2.13. The lowest BCUT2D eigenvalue weighted by molar-refractivity contribution is -0.134. The van der Waals surface area contributed by atoms with E-state index in [2.05, 4.69) is 47.8 Å². The second-order valence-electron chi connectivity index (χ2n) is 7.26. The van der Waals surface area contributed by atoms with Gasteiger partial charge in [-0.05, 0) is 36.8 Å². The molecule has 3 heteroatoms. The van der Waals surface area contributed by atoms with Crippen molar-refractivity contribution in [3.8, 4) is 0 Å². The third-order valence-corrected chi connectivity index (χ3v) is 5.45. The first-order valence-electron chi connectivity index (χ1n) is 9.47. The first kappa shape index (κ1) is 16.3. The van der Waals surface area contributed by atoms with Gasteiger partial charge in [0.2, 0.25) is 5.91 Å². The standard InChI is InChI=1S/C22H26N2O/c25-22(24-14-8-3-9-15-24)21(18-12-6-2-7-13-18)23-20-16-19(20)17-10-4-1-5-11-17/h1-2,4-7,10-13,19-21,23H,3,8-9,14-16H2/t19-,20+,21+/m0/s1. The van der Waals surface area contributed by atoms with E-state index in [9.17, 15) is 4.79 Å². The topological polar surface area (TPSA) is 32.3 Å². The molecular formula is C22H26N2O. The van der Waals surface area contributed by atoms with E-state index in [1.807, 2.05) is 23.1 Å². The highest BCUT2D eigenvalue weighted by atomic mass is 16.2. The molecule has 0 spiro atoms. The van der Waals surface area contributed by atoms with Crippen molar-refractivity contribution in [1.29, 1.82) is 0 Å². The van der Waals surface area contributed by atoms with Crippen molar-refractivity contribution in [3.63, 3.8) is 0 Å². The lowest BCUT2D eigenvalue weighted by Crippen LogP contribution is -2.44. The highest BCUT2D eigenvalue weighted by Crippen LogP contribution is 2.42. The summed E-state index contributed by atoms with van der Waals surface area (Å²) in [5.74, 6) is 0.770. The summed E-state index contributed by atoms with van der Waals surface area (Å²) in [5, 5.41) is 3.66. The van der Waals surface area contributed by atoms with Crippen LogP contribution in [0.15, 0.2) is 60.7 Å². The number of hydrogen-bond acceptors (Lipinski definition) is 2. The normalized spacial score (nSPS) is 23.9. The Balaban J connectivity index is 1.49. The molecule has 25 heavy (non-hydrogen) atoms. The van der Waals surface area contributed by atoms with E-state index < -0.39 is 0 Å². The van der Waals surface area contributed by atoms with Gasteiger partial charge in [-0.1, -0.05) is 60.7 Å². The molecule has 1 saturated heterocycles. The van der Waals surface area contributed by atoms with Crippen LogP contribution in [0.25, 0.3) is 0 Å². The van der Waals surface area contributed by atoms with Crippen LogP contribution in [-0.4, -0.2) is 29.9 Å². The smallest absolute Gasteiger partial charge is 0.244 e. The third-order valence-electron chi connectivity index (χ3n) is 5.45. The lowest BCUT2D eigenvalue weighted by Gasteiger charge is -2.31. The number of rotatable bonds is 5. The monoisotopic (exact) mass is 334 g/mol. The summed E-state index contributed by atoms with van der Waals surface area (Å²) in [5.41, 5.74) is 2.45. The Labute approximate surface area is 150 Å². The van der Waals surface area contributed by atoms with Crippen molar-refractivity contribution >= 4 is 5.91 Å². The van der Waals surface area contributed by atoms with Gasteiger partial charge in [0, 0.05) is 25.0 Å². The van der Waals surface area contributed by atoms with Crippen LogP contribution in [0.1, 0.15) is 48.8 Å². The lowest BCUT2D eigenvalue weighted by atomic mass is 10.0. The van der Waals surface area contributed by atoms with Gasteiger partial charge in [0.15, 0.2) is 0 Å². The second kappa shape index (κ2) is 7.40. The molecule has 1 N–H and O–H groups in total. The number of carbonyl (C=O) groups is 1. The van der Waals surface area contributed by atoms with Crippen LogP contribution >= 0.6 is 0 Å². The van der Waals surface area contributed by atoms with Crippen LogP contribution in [0.2, 0.25) is 0 Å². The first-order valence-corrected chi connectivity index (χ1v) is 9.47. The highest BCUT2D eigenvalue weighted by Gasteiger charge is 2.41. The minimum Gasteiger partial charge on any atom is -0.341 e. The van der Waals surface area contributed by atoms with Crippen LogP contribution in [-0.2, 0) is 4.79 Å². The van der Waals surface area contributed by atoms with E-state index >= 15 is 0 Å². The maximum atomic E-state index is 13.2. The van der Waals surface area contributed by atoms with E-state index in [-0.39, 0.29) is 11.9 Å². The molecule has 1 aliphatic heterocycles. The number of nitrogens with one attached hydrogen (secondary N) is 1. The van der Waals surface area contributed by atoms with Gasteiger partial charge in [-0.25, -0.2) is 0 Å². The van der Waals surface area contributed by atoms with E-state index in [1.165, 1.54) is 12.0 Å². The Bertz CT molecular complexity index is 694. The minimum absolute atomic E-state index is 0.224. The molecule has 2 aromatic carbocycles. The van der Waals surface area contributed by atoms with Gasteiger partial charge in [0.05, 0.1) is 0 Å². The molecule has 1 amide bonds. The fourth-order valence-corrected chi connectivity index (χ4v) is 3.91. The molecule has 130 valence electrons. The maximum absolute atomic E-state index is 13.2. The second-order valence-corrected chi connectivity index (χ2v) is 7.26. The summed E-state index contributed by atoms with van der Waals surface area (Å²) in [6, 6.07) is 21.0. The molecule has 0 unspecified atom stereocenters. The molecule has 1 heterocycles. The molecule has 4 rings (SSSR count). The quantitative estimate of drug-likeness (QED) is 0.900. The van der Waals surface area contributed by atoms with Crippen LogP contribution < -0.4 is 5.32 Å². The molecule has 2 fully saturated rings. The number of carbonyl (C=O) groups excluding carboxylic acids is 1. The minimum atomic E-state index is -0.224. The van der Waals surface area contributed by atoms with Crippen molar-refractivity contribution in [2.24, 2.45) is 0 Å². The Kier molecular flexibility index (Phi) is 4.84. The molecule has 1 aliphatic carbocycles. The third kappa shape index (κ3) is 3.77. The average molecular weight is 334 g/mol. The molecular weight excluding hydrogens is 308 g/mol. The Morgan fingerprint density at radius 1 is 0.920 bits per heavy atom. The van der Waals surface area contributed by atoms with Crippen LogP contribution in [0, 0.1) is 0 Å². The zero-order chi connectivity index (χ0) is 17.1. The molecule has 0 radical (unpaired) electrons. The molecule has 3 nitrogen and oxygen atoms in total. The number of piperidine rings is 1. The van der Waals surface area contributed by atoms with Crippen molar-refractivity contribution in [2.45, 2.75) is 43.7 Å². The van der Waals surface area contributed by atoms with Crippen molar-refractivity contribution in [2.75, 3.05) is 13.1 Å². The molecule has 1 saturated carbocycles. The number of likely N-dealkylation sites (tertiary alicyclic amines) is 1.